The van der Waals surface area contributed by atoms with E-state index in [4.69, 9.17) is 14.2 Å². The van der Waals surface area contributed by atoms with E-state index in [0.717, 1.165) is 28.0 Å². The summed E-state index contributed by atoms with van der Waals surface area (Å²) in [5, 5.41) is 2.83. The van der Waals surface area contributed by atoms with Crippen LogP contribution in [-0.2, 0) is 22.7 Å². The van der Waals surface area contributed by atoms with Gasteiger partial charge in [-0.3, -0.25) is 0 Å². The van der Waals surface area contributed by atoms with Crippen LogP contribution >= 0.6 is 0 Å². The van der Waals surface area contributed by atoms with Gasteiger partial charge in [-0.2, -0.15) is 0 Å². The van der Waals surface area contributed by atoms with E-state index in [2.05, 4.69) is 0 Å². The largest absolute Gasteiger partial charge is 0.485 e. The van der Waals surface area contributed by atoms with Crippen molar-refractivity contribution in [2.24, 2.45) is 0 Å². The van der Waals surface area contributed by atoms with Crippen LogP contribution in [-0.4, -0.2) is 40.4 Å². The highest BCUT2D eigenvalue weighted by Gasteiger charge is 2.58. The third-order valence-corrected chi connectivity index (χ3v) is 7.06. The summed E-state index contributed by atoms with van der Waals surface area (Å²) in [5.41, 5.74) is 3.71. The van der Waals surface area contributed by atoms with Crippen molar-refractivity contribution in [3.05, 3.63) is 113 Å². The van der Waals surface area contributed by atoms with E-state index in [1.807, 2.05) is 97.9 Å². The maximum Gasteiger partial charge on any atom is 0.429 e. The Morgan fingerprint density at radius 1 is 0.778 bits per heavy atom. The van der Waals surface area contributed by atoms with Gasteiger partial charge < -0.3 is 14.2 Å². The van der Waals surface area contributed by atoms with E-state index in [9.17, 15) is 9.59 Å². The molecule has 7 nitrogen and oxygen atoms in total. The monoisotopic (exact) mass is 482 g/mol. The highest BCUT2D eigenvalue weighted by Crippen LogP contribution is 2.52. The zero-order chi connectivity index (χ0) is 24.6. The van der Waals surface area contributed by atoms with Crippen molar-refractivity contribution < 1.29 is 23.8 Å². The standard InChI is InChI=1S/C29H26N2O5/c1-19-23-16-25-26(22-14-8-9-15-24(22)36-25)27(23)31(29(33)35-18-21-12-6-3-7-13-21)30(19)28(32)34-17-20-10-4-2-5-11-20/h2-16,19,25-27H,17-18H2,1H3/t19-,25+,26+,27+/m0/s1. The predicted octanol–water partition coefficient (Wildman–Crippen LogP) is 5.43. The molecule has 0 unspecified atom stereocenters. The first-order valence-corrected chi connectivity index (χ1v) is 12.1. The molecule has 2 heterocycles. The highest BCUT2D eigenvalue weighted by atomic mass is 16.6. The van der Waals surface area contributed by atoms with Crippen LogP contribution in [0, 0.1) is 0 Å². The molecule has 4 atom stereocenters. The van der Waals surface area contributed by atoms with Gasteiger partial charge in [0.25, 0.3) is 0 Å². The number of carbonyl (C=O) groups excluding carboxylic acids is 2. The lowest BCUT2D eigenvalue weighted by Gasteiger charge is -2.33. The lowest BCUT2D eigenvalue weighted by atomic mass is 9.90. The van der Waals surface area contributed by atoms with Crippen molar-refractivity contribution in [1.29, 1.82) is 0 Å². The van der Waals surface area contributed by atoms with Crippen molar-refractivity contribution >= 4 is 12.2 Å². The Labute approximate surface area is 209 Å². The molecular formula is C29H26N2O5. The van der Waals surface area contributed by atoms with Gasteiger partial charge in [-0.25, -0.2) is 19.6 Å². The van der Waals surface area contributed by atoms with Crippen molar-refractivity contribution in [3.63, 3.8) is 0 Å². The summed E-state index contributed by atoms with van der Waals surface area (Å²) < 4.78 is 17.6. The number of hydrazine groups is 1. The first-order chi connectivity index (χ1) is 17.6. The van der Waals surface area contributed by atoms with Gasteiger partial charge in [0.1, 0.15) is 25.1 Å². The molecular weight excluding hydrogens is 456 g/mol. The molecule has 0 saturated carbocycles. The molecule has 1 aliphatic carbocycles. The quantitative estimate of drug-likeness (QED) is 0.464. The molecule has 0 spiro atoms. The zero-order valence-electron chi connectivity index (χ0n) is 19.8. The van der Waals surface area contributed by atoms with Crippen LogP contribution in [0.5, 0.6) is 5.75 Å². The fraction of sp³-hybridized carbons (Fsp3) is 0.241. The molecule has 2 aliphatic heterocycles. The minimum Gasteiger partial charge on any atom is -0.485 e. The Hall–Kier alpha value is -4.26. The van der Waals surface area contributed by atoms with Crippen molar-refractivity contribution in [3.8, 4) is 5.75 Å². The average molecular weight is 483 g/mol. The molecule has 182 valence electrons. The number of ether oxygens (including phenoxy) is 3. The van der Waals surface area contributed by atoms with Gasteiger partial charge in [-0.05, 0) is 35.8 Å². The number of para-hydroxylation sites is 1. The second kappa shape index (κ2) is 9.07. The summed E-state index contributed by atoms with van der Waals surface area (Å²) in [4.78, 5) is 27.0. The first-order valence-electron chi connectivity index (χ1n) is 12.1. The van der Waals surface area contributed by atoms with E-state index in [1.54, 1.807) is 0 Å². The highest BCUT2D eigenvalue weighted by molar-refractivity contribution is 5.78. The fourth-order valence-corrected chi connectivity index (χ4v) is 5.40. The van der Waals surface area contributed by atoms with Gasteiger partial charge >= 0.3 is 12.2 Å². The number of amides is 2. The molecule has 0 aromatic heterocycles. The van der Waals surface area contributed by atoms with E-state index in [0.29, 0.717) is 0 Å². The molecule has 1 saturated heterocycles. The number of rotatable bonds is 4. The Morgan fingerprint density at radius 2 is 1.33 bits per heavy atom. The smallest absolute Gasteiger partial charge is 0.429 e. The summed E-state index contributed by atoms with van der Waals surface area (Å²) in [7, 11) is 0. The predicted molar refractivity (Wildman–Crippen MR) is 132 cm³/mol. The number of hydrogen-bond donors (Lipinski definition) is 0. The minimum atomic E-state index is -0.596. The summed E-state index contributed by atoms with van der Waals surface area (Å²) in [5.74, 6) is 0.674. The number of nitrogens with zero attached hydrogens (tertiary/aromatic N) is 2. The van der Waals surface area contributed by atoms with Gasteiger partial charge in [-0.15, -0.1) is 0 Å². The fourth-order valence-electron chi connectivity index (χ4n) is 5.40. The van der Waals surface area contributed by atoms with Crippen LogP contribution < -0.4 is 4.74 Å². The maximum absolute atomic E-state index is 13.6. The maximum atomic E-state index is 13.6. The third kappa shape index (κ3) is 3.77. The zero-order valence-corrected chi connectivity index (χ0v) is 19.8. The van der Waals surface area contributed by atoms with Crippen LogP contribution in [0.15, 0.2) is 96.6 Å². The third-order valence-electron chi connectivity index (χ3n) is 7.06. The summed E-state index contributed by atoms with van der Waals surface area (Å²) in [6.45, 7) is 2.11. The van der Waals surface area contributed by atoms with Crippen LogP contribution in [0.25, 0.3) is 0 Å². The minimum absolute atomic E-state index is 0.102. The molecule has 0 bridgehead atoms. The number of fused-ring (bicyclic) bond motifs is 5. The van der Waals surface area contributed by atoms with Crippen molar-refractivity contribution in [2.75, 3.05) is 0 Å². The van der Waals surface area contributed by atoms with E-state index in [-0.39, 0.29) is 31.3 Å². The van der Waals surface area contributed by atoms with Crippen molar-refractivity contribution in [2.45, 2.75) is 44.2 Å². The Kier molecular flexibility index (Phi) is 5.60. The summed E-state index contributed by atoms with van der Waals surface area (Å²) >= 11 is 0. The molecule has 3 aromatic carbocycles. The second-order valence-corrected chi connectivity index (χ2v) is 9.20. The van der Waals surface area contributed by atoms with Crippen LogP contribution in [0.3, 0.4) is 0 Å². The van der Waals surface area contributed by atoms with Gasteiger partial charge in [-0.1, -0.05) is 78.9 Å². The lowest BCUT2D eigenvalue weighted by molar-refractivity contribution is -0.0303. The number of hydrogen-bond acceptors (Lipinski definition) is 5. The number of carbonyl (C=O) groups is 2. The Morgan fingerprint density at radius 3 is 1.97 bits per heavy atom. The molecule has 3 aromatic rings. The topological polar surface area (TPSA) is 68.3 Å². The van der Waals surface area contributed by atoms with Gasteiger partial charge in [0, 0.05) is 5.56 Å². The van der Waals surface area contributed by atoms with Crippen LogP contribution in [0.2, 0.25) is 0 Å². The molecule has 1 fully saturated rings. The molecule has 36 heavy (non-hydrogen) atoms. The normalized spacial score (nSPS) is 23.3. The molecule has 3 aliphatic rings. The molecule has 7 heteroatoms. The van der Waals surface area contributed by atoms with Crippen LogP contribution in [0.4, 0.5) is 9.59 Å². The molecule has 2 amide bonds. The molecule has 0 N–H and O–H groups in total. The second-order valence-electron chi connectivity index (χ2n) is 9.20. The van der Waals surface area contributed by atoms with Gasteiger partial charge in [0.05, 0.1) is 18.0 Å². The number of benzene rings is 3. The SMILES string of the molecule is C[C@H]1C2=C[C@H]3Oc4ccccc4[C@H]3[C@@H]2N(C(=O)OCc2ccccc2)N1C(=O)OCc1ccccc1. The van der Waals surface area contributed by atoms with E-state index >= 15 is 0 Å². The molecule has 0 radical (unpaired) electrons. The lowest BCUT2D eigenvalue weighted by Crippen LogP contribution is -2.52. The summed E-state index contributed by atoms with van der Waals surface area (Å²) in [6, 6.07) is 26.0. The van der Waals surface area contributed by atoms with Crippen molar-refractivity contribution in [1.82, 2.24) is 10.0 Å². The van der Waals surface area contributed by atoms with Crippen LogP contribution in [0.1, 0.15) is 29.5 Å². The van der Waals surface area contributed by atoms with Gasteiger partial charge in [0.15, 0.2) is 0 Å². The van der Waals surface area contributed by atoms with Gasteiger partial charge in [0.2, 0.25) is 0 Å². The summed E-state index contributed by atoms with van der Waals surface area (Å²) in [6.07, 6.45) is 0.654. The Bertz CT molecular complexity index is 1310. The average Bonchev–Trinajstić information content (AvgIpc) is 3.54. The molecule has 6 rings (SSSR count). The first kappa shape index (κ1) is 22.2. The van der Waals surface area contributed by atoms with E-state index < -0.39 is 18.2 Å². The Balaban J connectivity index is 1.30. The van der Waals surface area contributed by atoms with E-state index in [1.165, 1.54) is 10.0 Å².